The molecular weight excluding hydrogens is 318 g/mol. The van der Waals surface area contributed by atoms with Gasteiger partial charge in [-0.05, 0) is 6.42 Å². The van der Waals surface area contributed by atoms with E-state index in [2.05, 4.69) is 11.9 Å². The number of quaternary nitrogens is 1. The summed E-state index contributed by atoms with van der Waals surface area (Å²) in [5, 5.41) is 12.4. The summed E-state index contributed by atoms with van der Waals surface area (Å²) in [7, 11) is 1.06. The highest BCUT2D eigenvalue weighted by atomic mass is 28.2. The van der Waals surface area contributed by atoms with Crippen LogP contribution in [-0.2, 0) is 23.7 Å². The fourth-order valence-electron chi connectivity index (χ4n) is 1.65. The van der Waals surface area contributed by atoms with Crippen LogP contribution in [0.3, 0.4) is 0 Å². The lowest BCUT2D eigenvalue weighted by Crippen LogP contribution is -2.85. The third-order valence-corrected chi connectivity index (χ3v) is 3.72. The van der Waals surface area contributed by atoms with Gasteiger partial charge in [-0.3, -0.25) is 0 Å². The quantitative estimate of drug-likeness (QED) is 0.221. The lowest BCUT2D eigenvalue weighted by molar-refractivity contribution is -0.656. The SMILES string of the molecule is C[Si]CCC[NH2+]CCOCCOCCOCCOCCC(=O)[O-]. The lowest BCUT2D eigenvalue weighted by atomic mass is 10.5. The Bertz CT molecular complexity index is 258. The number of nitrogens with two attached hydrogens (primary N) is 1. The molecule has 0 bridgehead atoms. The number of ether oxygens (including phenoxy) is 4. The van der Waals surface area contributed by atoms with Crippen molar-refractivity contribution in [2.24, 2.45) is 0 Å². The largest absolute Gasteiger partial charge is 0.550 e. The lowest BCUT2D eigenvalue weighted by Gasteiger charge is -2.07. The third-order valence-electron chi connectivity index (χ3n) is 2.87. The minimum atomic E-state index is -1.10. The molecule has 136 valence electrons. The van der Waals surface area contributed by atoms with Crippen LogP contribution in [0.2, 0.25) is 12.6 Å². The summed E-state index contributed by atoms with van der Waals surface area (Å²) < 4.78 is 21.2. The number of aliphatic carboxylic acids is 1. The minimum Gasteiger partial charge on any atom is -0.550 e. The second-order valence-electron chi connectivity index (χ2n) is 4.89. The van der Waals surface area contributed by atoms with Crippen LogP contribution in [0.15, 0.2) is 0 Å². The highest BCUT2D eigenvalue weighted by molar-refractivity contribution is 6.33. The van der Waals surface area contributed by atoms with Crippen molar-refractivity contribution in [3.05, 3.63) is 0 Å². The summed E-state index contributed by atoms with van der Waals surface area (Å²) in [5.41, 5.74) is 0. The number of carboxylic acid groups (broad SMARTS) is 1. The van der Waals surface area contributed by atoms with Crippen LogP contribution in [-0.4, -0.2) is 81.4 Å². The zero-order chi connectivity index (χ0) is 17.0. The van der Waals surface area contributed by atoms with Crippen molar-refractivity contribution in [2.75, 3.05) is 65.9 Å². The van der Waals surface area contributed by atoms with Crippen LogP contribution in [0.25, 0.3) is 0 Å². The number of hydrogen-bond acceptors (Lipinski definition) is 6. The van der Waals surface area contributed by atoms with Crippen molar-refractivity contribution >= 4 is 15.5 Å². The van der Waals surface area contributed by atoms with Crippen LogP contribution in [0.1, 0.15) is 12.8 Å². The van der Waals surface area contributed by atoms with Crippen LogP contribution < -0.4 is 10.4 Å². The van der Waals surface area contributed by atoms with Gasteiger partial charge < -0.3 is 34.2 Å². The maximum absolute atomic E-state index is 10.1. The van der Waals surface area contributed by atoms with E-state index in [-0.39, 0.29) is 13.0 Å². The summed E-state index contributed by atoms with van der Waals surface area (Å²) >= 11 is 0. The van der Waals surface area contributed by atoms with Crippen molar-refractivity contribution in [1.29, 1.82) is 0 Å². The summed E-state index contributed by atoms with van der Waals surface area (Å²) in [5.74, 6) is -1.10. The zero-order valence-corrected chi connectivity index (χ0v) is 15.2. The molecule has 0 aromatic heterocycles. The van der Waals surface area contributed by atoms with Crippen molar-refractivity contribution < 1.29 is 34.2 Å². The molecule has 8 heteroatoms. The summed E-state index contributed by atoms with van der Waals surface area (Å²) in [6.07, 6.45) is 1.21. The molecule has 0 unspecified atom stereocenters. The molecule has 0 aromatic rings. The fourth-order valence-corrected chi connectivity index (χ4v) is 2.21. The maximum Gasteiger partial charge on any atom is 0.0993 e. The Balaban J connectivity index is 2.96. The van der Waals surface area contributed by atoms with Crippen LogP contribution >= 0.6 is 0 Å². The average Bonchev–Trinajstić information content (AvgIpc) is 2.53. The van der Waals surface area contributed by atoms with E-state index in [0.29, 0.717) is 39.6 Å². The molecule has 0 aliphatic rings. The number of carbonyl (C=O) groups is 1. The Morgan fingerprint density at radius 2 is 1.39 bits per heavy atom. The van der Waals surface area contributed by atoms with Crippen LogP contribution in [0.5, 0.6) is 0 Å². The van der Waals surface area contributed by atoms with E-state index in [0.717, 1.165) is 22.7 Å². The standard InChI is InChI=1S/C15H31NO6Si/c1-23-14-2-4-16-5-7-20-9-11-22-13-12-21-10-8-19-6-3-15(17)18/h16H,2-14H2,1H3,(H,17,18). The van der Waals surface area contributed by atoms with Gasteiger partial charge in [0, 0.05) is 21.9 Å². The molecular formula is C15H31NO6Si. The van der Waals surface area contributed by atoms with Gasteiger partial charge in [0.25, 0.3) is 0 Å². The monoisotopic (exact) mass is 349 g/mol. The van der Waals surface area contributed by atoms with E-state index in [4.69, 9.17) is 18.9 Å². The normalized spacial score (nSPS) is 11.0. The molecule has 0 amide bonds. The first-order valence-corrected chi connectivity index (χ1v) is 9.95. The van der Waals surface area contributed by atoms with E-state index in [1.54, 1.807) is 0 Å². The predicted molar refractivity (Wildman–Crippen MR) is 85.6 cm³/mol. The molecule has 0 spiro atoms. The number of hydrogen-bond donors (Lipinski definition) is 1. The molecule has 0 aliphatic heterocycles. The highest BCUT2D eigenvalue weighted by Gasteiger charge is 1.94. The van der Waals surface area contributed by atoms with Crippen molar-refractivity contribution in [3.8, 4) is 0 Å². The van der Waals surface area contributed by atoms with Crippen molar-refractivity contribution in [1.82, 2.24) is 0 Å². The van der Waals surface area contributed by atoms with E-state index < -0.39 is 5.97 Å². The molecule has 23 heavy (non-hydrogen) atoms. The number of carbonyl (C=O) groups excluding carboxylic acids is 1. The van der Waals surface area contributed by atoms with Gasteiger partial charge in [-0.25, -0.2) is 0 Å². The second kappa shape index (κ2) is 19.5. The molecule has 0 saturated heterocycles. The maximum atomic E-state index is 10.1. The molecule has 2 radical (unpaired) electrons. The first-order valence-electron chi connectivity index (χ1n) is 8.24. The molecule has 0 aliphatic carbocycles. The van der Waals surface area contributed by atoms with Gasteiger partial charge in [0.15, 0.2) is 0 Å². The van der Waals surface area contributed by atoms with Gasteiger partial charge >= 0.3 is 0 Å². The Hall–Kier alpha value is -0.513. The molecule has 7 nitrogen and oxygen atoms in total. The molecule has 0 aromatic carbocycles. The van der Waals surface area contributed by atoms with Crippen molar-refractivity contribution in [3.63, 3.8) is 0 Å². The minimum absolute atomic E-state index is 0.0834. The van der Waals surface area contributed by atoms with Gasteiger partial charge in [0.05, 0.1) is 65.9 Å². The van der Waals surface area contributed by atoms with E-state index in [9.17, 15) is 9.90 Å². The van der Waals surface area contributed by atoms with Crippen molar-refractivity contribution in [2.45, 2.75) is 25.4 Å². The molecule has 0 saturated carbocycles. The van der Waals surface area contributed by atoms with E-state index >= 15 is 0 Å². The molecule has 0 rings (SSSR count). The Kier molecular flexibility index (Phi) is 19.1. The summed E-state index contributed by atoms with van der Waals surface area (Å²) in [6, 6.07) is 1.33. The third kappa shape index (κ3) is 21.5. The first kappa shape index (κ1) is 22.5. The Morgan fingerprint density at radius 1 is 0.870 bits per heavy atom. The smallest absolute Gasteiger partial charge is 0.0993 e. The fraction of sp³-hybridized carbons (Fsp3) is 0.933. The molecule has 2 N–H and O–H groups in total. The van der Waals surface area contributed by atoms with Gasteiger partial charge in [0.1, 0.15) is 0 Å². The van der Waals surface area contributed by atoms with Crippen LogP contribution in [0, 0.1) is 0 Å². The molecule has 0 fully saturated rings. The van der Waals surface area contributed by atoms with Crippen LogP contribution in [0.4, 0.5) is 0 Å². The number of rotatable bonds is 19. The molecule has 0 atom stereocenters. The average molecular weight is 350 g/mol. The second-order valence-corrected chi connectivity index (χ2v) is 6.10. The van der Waals surface area contributed by atoms with Gasteiger partial charge in [-0.15, -0.1) is 0 Å². The van der Waals surface area contributed by atoms with Gasteiger partial charge in [0.2, 0.25) is 0 Å². The number of carboxylic acids is 1. The van der Waals surface area contributed by atoms with Gasteiger partial charge in [-0.2, -0.15) is 0 Å². The molecule has 0 heterocycles. The van der Waals surface area contributed by atoms with E-state index in [1.165, 1.54) is 19.0 Å². The van der Waals surface area contributed by atoms with Gasteiger partial charge in [-0.1, -0.05) is 12.6 Å². The predicted octanol–water partition coefficient (Wildman–Crippen LogP) is -1.68. The van der Waals surface area contributed by atoms with E-state index in [1.807, 2.05) is 0 Å². The first-order chi connectivity index (χ1) is 11.3. The summed E-state index contributed by atoms with van der Waals surface area (Å²) in [4.78, 5) is 10.1. The zero-order valence-electron chi connectivity index (χ0n) is 14.2. The Labute approximate surface area is 141 Å². The summed E-state index contributed by atoms with van der Waals surface area (Å²) in [6.45, 7) is 8.37. The Morgan fingerprint density at radius 3 is 1.91 bits per heavy atom. The highest BCUT2D eigenvalue weighted by Crippen LogP contribution is 1.84. The topological polar surface area (TPSA) is 93.7 Å².